The van der Waals surface area contributed by atoms with Gasteiger partial charge in [0.15, 0.2) is 5.75 Å². The molecule has 1 aromatic heterocycles. The first-order valence-corrected chi connectivity index (χ1v) is 6.81. The van der Waals surface area contributed by atoms with Crippen molar-refractivity contribution in [2.45, 2.75) is 27.2 Å². The summed E-state index contributed by atoms with van der Waals surface area (Å²) >= 11 is 0. The standard InChI is InChI=1S/C16H20N2O2/c1-4-12-13(10-9-11(3)18-12)20-15-8-6-7-14(16(15)17)19-5-2/h6-10H,4-5,17H2,1-3H3. The number of nitrogens with zero attached hydrogens (tertiary/aromatic N) is 1. The number of aryl methyl sites for hydroxylation is 2. The number of para-hydroxylation sites is 1. The maximum absolute atomic E-state index is 6.07. The number of aromatic nitrogens is 1. The molecule has 1 aromatic carbocycles. The fraction of sp³-hybridized carbons (Fsp3) is 0.312. The molecule has 0 aliphatic heterocycles. The SMILES string of the molecule is CCOc1cccc(Oc2ccc(C)nc2CC)c1N. The molecule has 0 aliphatic carbocycles. The summed E-state index contributed by atoms with van der Waals surface area (Å²) in [5.41, 5.74) is 8.48. The molecule has 0 spiro atoms. The van der Waals surface area contributed by atoms with E-state index < -0.39 is 0 Å². The Morgan fingerprint density at radius 1 is 1.05 bits per heavy atom. The Hall–Kier alpha value is -2.23. The first-order chi connectivity index (χ1) is 9.65. The number of rotatable bonds is 5. The quantitative estimate of drug-likeness (QED) is 0.843. The summed E-state index contributed by atoms with van der Waals surface area (Å²) in [7, 11) is 0. The molecule has 4 nitrogen and oxygen atoms in total. The third-order valence-corrected chi connectivity index (χ3v) is 2.95. The van der Waals surface area contributed by atoms with Crippen LogP contribution in [0.5, 0.6) is 17.2 Å². The Morgan fingerprint density at radius 3 is 2.50 bits per heavy atom. The molecule has 2 aromatic rings. The van der Waals surface area contributed by atoms with Gasteiger partial charge in [-0.2, -0.15) is 0 Å². The van der Waals surface area contributed by atoms with Gasteiger partial charge in [-0.1, -0.05) is 13.0 Å². The van der Waals surface area contributed by atoms with Crippen molar-refractivity contribution in [3.05, 3.63) is 41.7 Å². The zero-order chi connectivity index (χ0) is 14.5. The van der Waals surface area contributed by atoms with E-state index >= 15 is 0 Å². The molecule has 2 rings (SSSR count). The van der Waals surface area contributed by atoms with Crippen molar-refractivity contribution in [1.29, 1.82) is 0 Å². The lowest BCUT2D eigenvalue weighted by molar-refractivity contribution is 0.340. The molecule has 0 bridgehead atoms. The Morgan fingerprint density at radius 2 is 1.80 bits per heavy atom. The highest BCUT2D eigenvalue weighted by Crippen LogP contribution is 2.35. The van der Waals surface area contributed by atoms with E-state index in [2.05, 4.69) is 11.9 Å². The molecule has 0 atom stereocenters. The average molecular weight is 272 g/mol. The predicted molar refractivity (Wildman–Crippen MR) is 80.4 cm³/mol. The van der Waals surface area contributed by atoms with Gasteiger partial charge in [-0.05, 0) is 44.5 Å². The Labute approximate surface area is 119 Å². The van der Waals surface area contributed by atoms with E-state index in [1.807, 2.05) is 44.2 Å². The van der Waals surface area contributed by atoms with Crippen molar-refractivity contribution in [3.63, 3.8) is 0 Å². The van der Waals surface area contributed by atoms with Gasteiger partial charge in [0.2, 0.25) is 0 Å². The van der Waals surface area contributed by atoms with Gasteiger partial charge in [-0.3, -0.25) is 4.98 Å². The van der Waals surface area contributed by atoms with Gasteiger partial charge in [0.1, 0.15) is 17.2 Å². The lowest BCUT2D eigenvalue weighted by atomic mass is 10.2. The molecule has 1 heterocycles. The van der Waals surface area contributed by atoms with E-state index in [0.29, 0.717) is 23.8 Å². The summed E-state index contributed by atoms with van der Waals surface area (Å²) < 4.78 is 11.4. The third-order valence-electron chi connectivity index (χ3n) is 2.95. The fourth-order valence-corrected chi connectivity index (χ4v) is 1.96. The Bertz CT molecular complexity index is 597. The van der Waals surface area contributed by atoms with Crippen LogP contribution in [0.2, 0.25) is 0 Å². The van der Waals surface area contributed by atoms with Gasteiger partial charge in [0.05, 0.1) is 12.3 Å². The monoisotopic (exact) mass is 272 g/mol. The smallest absolute Gasteiger partial charge is 0.154 e. The van der Waals surface area contributed by atoms with Crippen LogP contribution in [0.3, 0.4) is 0 Å². The number of hydrogen-bond donors (Lipinski definition) is 1. The Balaban J connectivity index is 2.33. The number of anilines is 1. The van der Waals surface area contributed by atoms with Crippen molar-refractivity contribution >= 4 is 5.69 Å². The van der Waals surface area contributed by atoms with E-state index in [1.54, 1.807) is 0 Å². The van der Waals surface area contributed by atoms with Gasteiger partial charge < -0.3 is 15.2 Å². The number of benzene rings is 1. The molecule has 0 amide bonds. The molecule has 0 saturated carbocycles. The molecule has 0 aliphatic rings. The van der Waals surface area contributed by atoms with Gasteiger partial charge in [-0.25, -0.2) is 0 Å². The lowest BCUT2D eigenvalue weighted by Gasteiger charge is -2.14. The number of hydrogen-bond acceptors (Lipinski definition) is 4. The van der Waals surface area contributed by atoms with Crippen LogP contribution in [-0.2, 0) is 6.42 Å². The average Bonchev–Trinajstić information content (AvgIpc) is 2.45. The van der Waals surface area contributed by atoms with Crippen LogP contribution in [0.25, 0.3) is 0 Å². The summed E-state index contributed by atoms with van der Waals surface area (Å²) in [6, 6.07) is 9.38. The van der Waals surface area contributed by atoms with Crippen molar-refractivity contribution in [1.82, 2.24) is 4.98 Å². The van der Waals surface area contributed by atoms with Crippen LogP contribution in [0.15, 0.2) is 30.3 Å². The fourth-order valence-electron chi connectivity index (χ4n) is 1.96. The molecule has 0 saturated heterocycles. The number of nitrogen functional groups attached to an aromatic ring is 1. The summed E-state index contributed by atoms with van der Waals surface area (Å²) in [5.74, 6) is 1.97. The van der Waals surface area contributed by atoms with Crippen LogP contribution in [0, 0.1) is 6.92 Å². The molecule has 0 unspecified atom stereocenters. The normalized spacial score (nSPS) is 10.3. The van der Waals surface area contributed by atoms with Gasteiger partial charge in [0, 0.05) is 5.69 Å². The summed E-state index contributed by atoms with van der Waals surface area (Å²) in [6.45, 7) is 6.51. The summed E-state index contributed by atoms with van der Waals surface area (Å²) in [6.07, 6.45) is 0.808. The minimum Gasteiger partial charge on any atom is -0.492 e. The van der Waals surface area contributed by atoms with E-state index in [9.17, 15) is 0 Å². The molecule has 2 N–H and O–H groups in total. The second-order valence-corrected chi connectivity index (χ2v) is 4.45. The van der Waals surface area contributed by atoms with E-state index in [-0.39, 0.29) is 0 Å². The third kappa shape index (κ3) is 3.02. The first kappa shape index (κ1) is 14.2. The zero-order valence-electron chi connectivity index (χ0n) is 12.1. The van der Waals surface area contributed by atoms with E-state index in [0.717, 1.165) is 23.6 Å². The molecule has 106 valence electrons. The van der Waals surface area contributed by atoms with Gasteiger partial charge in [-0.15, -0.1) is 0 Å². The van der Waals surface area contributed by atoms with Crippen molar-refractivity contribution < 1.29 is 9.47 Å². The maximum atomic E-state index is 6.07. The van der Waals surface area contributed by atoms with Crippen LogP contribution in [-0.4, -0.2) is 11.6 Å². The zero-order valence-corrected chi connectivity index (χ0v) is 12.1. The highest BCUT2D eigenvalue weighted by atomic mass is 16.5. The second kappa shape index (κ2) is 6.28. The predicted octanol–water partition coefficient (Wildman–Crippen LogP) is 3.73. The first-order valence-electron chi connectivity index (χ1n) is 6.81. The number of nitrogens with two attached hydrogens (primary N) is 1. The minimum atomic E-state index is 0.511. The minimum absolute atomic E-state index is 0.511. The van der Waals surface area contributed by atoms with Crippen molar-refractivity contribution in [3.8, 4) is 17.2 Å². The molecular weight excluding hydrogens is 252 g/mol. The Kier molecular flexibility index (Phi) is 4.45. The number of pyridine rings is 1. The van der Waals surface area contributed by atoms with Gasteiger partial charge in [0.25, 0.3) is 0 Å². The van der Waals surface area contributed by atoms with Crippen LogP contribution < -0.4 is 15.2 Å². The molecular formula is C16H20N2O2. The molecule has 4 heteroatoms. The largest absolute Gasteiger partial charge is 0.492 e. The van der Waals surface area contributed by atoms with Gasteiger partial charge >= 0.3 is 0 Å². The summed E-state index contributed by atoms with van der Waals surface area (Å²) in [5, 5.41) is 0. The highest BCUT2D eigenvalue weighted by Gasteiger charge is 2.10. The topological polar surface area (TPSA) is 57.4 Å². The van der Waals surface area contributed by atoms with Crippen molar-refractivity contribution in [2.24, 2.45) is 0 Å². The maximum Gasteiger partial charge on any atom is 0.154 e. The second-order valence-electron chi connectivity index (χ2n) is 4.45. The number of ether oxygens (including phenoxy) is 2. The van der Waals surface area contributed by atoms with Crippen LogP contribution in [0.1, 0.15) is 25.2 Å². The van der Waals surface area contributed by atoms with Crippen LogP contribution >= 0.6 is 0 Å². The van der Waals surface area contributed by atoms with Crippen molar-refractivity contribution in [2.75, 3.05) is 12.3 Å². The molecule has 20 heavy (non-hydrogen) atoms. The molecule has 0 fully saturated rings. The van der Waals surface area contributed by atoms with E-state index in [4.69, 9.17) is 15.2 Å². The lowest BCUT2D eigenvalue weighted by Crippen LogP contribution is -2.01. The van der Waals surface area contributed by atoms with E-state index in [1.165, 1.54) is 0 Å². The van der Waals surface area contributed by atoms with Crippen LogP contribution in [0.4, 0.5) is 5.69 Å². The highest BCUT2D eigenvalue weighted by molar-refractivity contribution is 5.63. The molecule has 0 radical (unpaired) electrons. The summed E-state index contributed by atoms with van der Waals surface area (Å²) in [4.78, 5) is 4.48.